The Balaban J connectivity index is 3.92. The van der Waals surface area contributed by atoms with Gasteiger partial charge in [-0.25, -0.2) is 0 Å². The van der Waals surface area contributed by atoms with Crippen LogP contribution in [0.5, 0.6) is 0 Å². The van der Waals surface area contributed by atoms with Gasteiger partial charge in [-0.1, -0.05) is 34.1 Å². The van der Waals surface area contributed by atoms with E-state index in [1.54, 1.807) is 5.92 Å². The van der Waals surface area contributed by atoms with Crippen molar-refractivity contribution in [3.63, 3.8) is 0 Å². The molecule has 1 heteroatoms. The zero-order chi connectivity index (χ0) is 8.85. The molecule has 0 N–H and O–H groups in total. The van der Waals surface area contributed by atoms with Crippen LogP contribution in [0.3, 0.4) is 0 Å². The van der Waals surface area contributed by atoms with Gasteiger partial charge in [0.15, 0.2) is 0 Å². The molecule has 0 aliphatic rings. The smallest absolute Gasteiger partial charge is 0.0254 e. The van der Waals surface area contributed by atoms with Gasteiger partial charge in [-0.2, -0.15) is 0 Å². The Labute approximate surface area is 76.3 Å². The third kappa shape index (κ3) is 3.46. The molecule has 67 valence electrons. The van der Waals surface area contributed by atoms with Crippen molar-refractivity contribution >= 4 is 11.6 Å². The summed E-state index contributed by atoms with van der Waals surface area (Å²) in [5.74, 6) is 3.74. The minimum Gasteiger partial charge on any atom is -0.126 e. The van der Waals surface area contributed by atoms with Crippen LogP contribution in [-0.4, -0.2) is 5.88 Å². The summed E-state index contributed by atoms with van der Waals surface area (Å²) in [6.45, 7) is 8.98. The van der Waals surface area contributed by atoms with Crippen LogP contribution in [0.15, 0.2) is 0 Å². The molecule has 0 rings (SSSR count). The van der Waals surface area contributed by atoms with Crippen LogP contribution in [0.2, 0.25) is 0 Å². The molecule has 0 aliphatic carbocycles. The van der Waals surface area contributed by atoms with Crippen molar-refractivity contribution in [1.29, 1.82) is 0 Å². The van der Waals surface area contributed by atoms with Crippen LogP contribution in [0, 0.1) is 17.8 Å². The second kappa shape index (κ2) is 5.88. The second-order valence-corrected chi connectivity index (χ2v) is 3.60. The van der Waals surface area contributed by atoms with Gasteiger partial charge in [0.1, 0.15) is 0 Å². The van der Waals surface area contributed by atoms with Gasteiger partial charge in [0.05, 0.1) is 0 Å². The molecule has 0 heterocycles. The lowest BCUT2D eigenvalue weighted by Gasteiger charge is -2.25. The second-order valence-electron chi connectivity index (χ2n) is 3.29. The summed E-state index contributed by atoms with van der Waals surface area (Å²) in [7, 11) is 0. The van der Waals surface area contributed by atoms with Gasteiger partial charge in [0.25, 0.3) is 0 Å². The van der Waals surface area contributed by atoms with Crippen molar-refractivity contribution < 1.29 is 0 Å². The highest BCUT2D eigenvalue weighted by Gasteiger charge is 2.20. The molecule has 0 aliphatic heterocycles. The Kier molecular flexibility index (Phi) is 6.03. The summed E-state index contributed by atoms with van der Waals surface area (Å²) >= 11 is 5.81. The van der Waals surface area contributed by atoms with Crippen molar-refractivity contribution in [3.8, 4) is 0 Å². The Hall–Kier alpha value is 0.290. The monoisotopic (exact) mass is 175 g/mol. The van der Waals surface area contributed by atoms with E-state index in [0.29, 0.717) is 5.92 Å². The van der Waals surface area contributed by atoms with E-state index in [1.807, 2.05) is 0 Å². The quantitative estimate of drug-likeness (QED) is 0.557. The van der Waals surface area contributed by atoms with E-state index in [0.717, 1.165) is 11.8 Å². The maximum Gasteiger partial charge on any atom is 0.0254 e. The molecule has 2 unspecified atom stereocenters. The molecule has 0 aromatic rings. The maximum atomic E-state index is 5.81. The van der Waals surface area contributed by atoms with Crippen LogP contribution in [0.1, 0.15) is 40.5 Å². The first-order chi connectivity index (χ1) is 5.17. The Bertz CT molecular complexity index is 80.9. The summed E-state index contributed by atoms with van der Waals surface area (Å²) < 4.78 is 0. The van der Waals surface area contributed by atoms with Gasteiger partial charge in [-0.3, -0.25) is 0 Å². The third-order valence-corrected chi connectivity index (χ3v) is 2.98. The first-order valence-electron chi connectivity index (χ1n) is 4.58. The predicted molar refractivity (Wildman–Crippen MR) is 52.9 cm³/mol. The molecule has 0 spiro atoms. The van der Waals surface area contributed by atoms with Crippen molar-refractivity contribution in [2.45, 2.75) is 40.5 Å². The van der Waals surface area contributed by atoms with Gasteiger partial charge < -0.3 is 0 Å². The zero-order valence-corrected chi connectivity index (χ0v) is 8.91. The Morgan fingerprint density at radius 3 is 2.00 bits per heavy atom. The summed E-state index contributed by atoms with van der Waals surface area (Å²) in [6, 6.07) is 0. The van der Waals surface area contributed by atoms with E-state index < -0.39 is 0 Å². The lowest BCUT2D eigenvalue weighted by Crippen LogP contribution is -2.17. The van der Waals surface area contributed by atoms with Crippen LogP contribution in [-0.2, 0) is 0 Å². The SMILES string of the molecule is CC[C](C(C)CC)C(C)CCl. The number of alkyl halides is 1. The average molecular weight is 176 g/mol. The molecule has 0 saturated heterocycles. The standard InChI is InChI=1S/C10H20Cl/c1-5-8(3)10(6-2)9(4)7-11/h8-9H,5-7H2,1-4H3. The molecule has 0 aromatic carbocycles. The fourth-order valence-electron chi connectivity index (χ4n) is 1.54. The Morgan fingerprint density at radius 1 is 1.18 bits per heavy atom. The Morgan fingerprint density at radius 2 is 1.73 bits per heavy atom. The summed E-state index contributed by atoms with van der Waals surface area (Å²) in [5.41, 5.74) is 0. The molecular weight excluding hydrogens is 156 g/mol. The molecule has 11 heavy (non-hydrogen) atoms. The van der Waals surface area contributed by atoms with Crippen molar-refractivity contribution in [2.75, 3.05) is 5.88 Å². The molecule has 1 radical (unpaired) electrons. The normalized spacial score (nSPS) is 16.9. The molecule has 2 atom stereocenters. The highest BCUT2D eigenvalue weighted by Crippen LogP contribution is 2.29. The van der Waals surface area contributed by atoms with E-state index in [9.17, 15) is 0 Å². The first kappa shape index (κ1) is 11.3. The van der Waals surface area contributed by atoms with E-state index in [-0.39, 0.29) is 0 Å². The number of hydrogen-bond donors (Lipinski definition) is 0. The molecule has 0 fully saturated rings. The van der Waals surface area contributed by atoms with Crippen LogP contribution < -0.4 is 0 Å². The summed E-state index contributed by atoms with van der Waals surface area (Å²) in [5, 5.41) is 0. The van der Waals surface area contributed by atoms with Crippen LogP contribution in [0.25, 0.3) is 0 Å². The summed E-state index contributed by atoms with van der Waals surface area (Å²) in [6.07, 6.45) is 2.42. The molecule has 0 amide bonds. The van der Waals surface area contributed by atoms with E-state index in [1.165, 1.54) is 12.8 Å². The van der Waals surface area contributed by atoms with Crippen LogP contribution >= 0.6 is 11.6 Å². The van der Waals surface area contributed by atoms with E-state index >= 15 is 0 Å². The minimum atomic E-state index is 0.594. The first-order valence-corrected chi connectivity index (χ1v) is 5.12. The molecular formula is C10H20Cl. The molecule has 0 nitrogen and oxygen atoms in total. The minimum absolute atomic E-state index is 0.594. The van der Waals surface area contributed by atoms with Crippen molar-refractivity contribution in [2.24, 2.45) is 11.8 Å². The topological polar surface area (TPSA) is 0 Å². The van der Waals surface area contributed by atoms with Crippen LogP contribution in [0.4, 0.5) is 0 Å². The lowest BCUT2D eigenvalue weighted by molar-refractivity contribution is 0.453. The molecule has 0 aromatic heterocycles. The number of halogens is 1. The van der Waals surface area contributed by atoms with E-state index in [2.05, 4.69) is 27.7 Å². The fourth-order valence-corrected chi connectivity index (χ4v) is 1.74. The van der Waals surface area contributed by atoms with Gasteiger partial charge >= 0.3 is 0 Å². The highest BCUT2D eigenvalue weighted by atomic mass is 35.5. The van der Waals surface area contributed by atoms with E-state index in [4.69, 9.17) is 11.6 Å². The maximum absolute atomic E-state index is 5.81. The molecule has 0 saturated carbocycles. The largest absolute Gasteiger partial charge is 0.126 e. The third-order valence-electron chi connectivity index (χ3n) is 2.52. The highest BCUT2D eigenvalue weighted by molar-refractivity contribution is 6.18. The van der Waals surface area contributed by atoms with Gasteiger partial charge in [0.2, 0.25) is 0 Å². The fraction of sp³-hybridized carbons (Fsp3) is 0.900. The predicted octanol–water partition coefficient (Wildman–Crippen LogP) is 3.89. The average Bonchev–Trinajstić information content (AvgIpc) is 2.05. The van der Waals surface area contributed by atoms with Crippen molar-refractivity contribution in [3.05, 3.63) is 5.92 Å². The number of rotatable bonds is 5. The molecule has 0 bridgehead atoms. The summed E-state index contributed by atoms with van der Waals surface area (Å²) in [4.78, 5) is 0. The zero-order valence-electron chi connectivity index (χ0n) is 8.15. The van der Waals surface area contributed by atoms with Gasteiger partial charge in [-0.15, -0.1) is 11.6 Å². The lowest BCUT2D eigenvalue weighted by atomic mass is 9.81. The van der Waals surface area contributed by atoms with Crippen molar-refractivity contribution in [1.82, 2.24) is 0 Å². The number of hydrogen-bond acceptors (Lipinski definition) is 0. The van der Waals surface area contributed by atoms with Gasteiger partial charge in [0, 0.05) is 5.88 Å². The van der Waals surface area contributed by atoms with Gasteiger partial charge in [-0.05, 0) is 24.2 Å².